The number of furan rings is 1. The number of amides is 4. The van der Waals surface area contributed by atoms with E-state index in [1.54, 1.807) is 9.80 Å². The number of H-pyrrole nitrogens is 2. The zero-order chi connectivity index (χ0) is 39.4. The topological polar surface area (TPSA) is 212 Å². The number of aromatic nitrogens is 5. The molecule has 0 saturated carbocycles. The molecule has 5 N–H and O–H groups in total. The summed E-state index contributed by atoms with van der Waals surface area (Å²) in [5.74, 6) is 1.03. The van der Waals surface area contributed by atoms with E-state index in [4.69, 9.17) is 24.1 Å². The molecule has 4 atom stereocenters. The number of rotatable bonds is 9. The second-order valence-corrected chi connectivity index (χ2v) is 15.4. The first kappa shape index (κ1) is 36.8. The van der Waals surface area contributed by atoms with Crippen molar-refractivity contribution in [2.45, 2.75) is 77.5 Å². The van der Waals surface area contributed by atoms with Crippen LogP contribution in [0.25, 0.3) is 55.3 Å². The molecule has 0 spiro atoms. The average molecular weight is 764 g/mol. The van der Waals surface area contributed by atoms with E-state index in [0.29, 0.717) is 59.1 Å². The number of carboxylic acid groups (broad SMARTS) is 1. The summed E-state index contributed by atoms with van der Waals surface area (Å²) < 4.78 is 11.3. The van der Waals surface area contributed by atoms with Crippen LogP contribution in [0.4, 0.5) is 9.59 Å². The number of nitrogens with one attached hydrogen (secondary N) is 4. The number of benzene rings is 2. The Labute approximate surface area is 321 Å². The number of methoxy groups -OCH3 is 1. The molecule has 16 nitrogen and oxygen atoms in total. The van der Waals surface area contributed by atoms with Crippen LogP contribution >= 0.6 is 0 Å². The summed E-state index contributed by atoms with van der Waals surface area (Å²) in [7, 11) is 1.28. The van der Waals surface area contributed by atoms with Gasteiger partial charge in [-0.2, -0.15) is 0 Å². The van der Waals surface area contributed by atoms with E-state index in [1.165, 1.54) is 7.11 Å². The Bertz CT molecular complexity index is 2500. The van der Waals surface area contributed by atoms with Crippen molar-refractivity contribution in [2.24, 2.45) is 11.8 Å². The number of hydrogen-bond acceptors (Lipinski definition) is 9. The summed E-state index contributed by atoms with van der Waals surface area (Å²) in [6, 6.07) is 9.58. The zero-order valence-electron chi connectivity index (χ0n) is 31.9. The van der Waals surface area contributed by atoms with Gasteiger partial charge in [-0.25, -0.2) is 24.5 Å². The summed E-state index contributed by atoms with van der Waals surface area (Å²) in [6.07, 6.45) is 3.01. The number of hydrogen-bond donors (Lipinski definition) is 5. The fourth-order valence-electron chi connectivity index (χ4n) is 8.19. The molecule has 56 heavy (non-hydrogen) atoms. The second kappa shape index (κ2) is 14.5. The van der Waals surface area contributed by atoms with Crippen LogP contribution in [-0.4, -0.2) is 96.1 Å². The minimum absolute atomic E-state index is 0.138. The van der Waals surface area contributed by atoms with Gasteiger partial charge < -0.3 is 44.7 Å². The summed E-state index contributed by atoms with van der Waals surface area (Å²) in [5, 5.41) is 17.1. The number of imidazole rings is 2. The number of likely N-dealkylation sites (tertiary alicyclic amines) is 2. The maximum Gasteiger partial charge on any atom is 0.407 e. The van der Waals surface area contributed by atoms with Crippen LogP contribution in [-0.2, 0) is 14.3 Å². The molecule has 6 aromatic rings. The predicted molar refractivity (Wildman–Crippen MR) is 208 cm³/mol. The monoisotopic (exact) mass is 763 g/mol. The zero-order valence-corrected chi connectivity index (χ0v) is 31.9. The van der Waals surface area contributed by atoms with Gasteiger partial charge in [0.15, 0.2) is 17.2 Å². The molecule has 2 aromatic carbocycles. The first-order valence-corrected chi connectivity index (χ1v) is 19.1. The number of fused-ring (bicyclic) bond motifs is 6. The van der Waals surface area contributed by atoms with Gasteiger partial charge in [-0.15, -0.1) is 0 Å². The SMILES string of the molecule is COC(=O)N[C@H](C(=O)N1CCC[C@H]1c1nc2c(ccc3cc(-c4cc5ccc6nc([C@@H]7CCCN7C(=O)[C@@H](NC(=O)O)C(C)C)nc6c5c[nH]4)oc32)[nH]1)C(C)C. The lowest BCUT2D eigenvalue weighted by molar-refractivity contribution is -0.136. The summed E-state index contributed by atoms with van der Waals surface area (Å²) in [5.41, 5.74) is 4.24. The van der Waals surface area contributed by atoms with E-state index >= 15 is 0 Å². The Balaban J connectivity index is 1.07. The van der Waals surface area contributed by atoms with Crippen LogP contribution < -0.4 is 10.6 Å². The van der Waals surface area contributed by atoms with E-state index in [9.17, 15) is 24.3 Å². The molecule has 8 rings (SSSR count). The number of carbonyl (C=O) groups excluding carboxylic acids is 3. The third kappa shape index (κ3) is 6.51. The van der Waals surface area contributed by atoms with E-state index < -0.39 is 24.3 Å². The van der Waals surface area contributed by atoms with Gasteiger partial charge in [0.1, 0.15) is 28.9 Å². The molecule has 2 saturated heterocycles. The lowest BCUT2D eigenvalue weighted by Gasteiger charge is -2.29. The Hall–Kier alpha value is -6.19. The molecule has 6 heterocycles. The second-order valence-electron chi connectivity index (χ2n) is 15.4. The van der Waals surface area contributed by atoms with Crippen molar-refractivity contribution in [2.75, 3.05) is 20.2 Å². The third-order valence-electron chi connectivity index (χ3n) is 11.1. The summed E-state index contributed by atoms with van der Waals surface area (Å²) in [6.45, 7) is 8.48. The highest BCUT2D eigenvalue weighted by Gasteiger charge is 2.39. The largest absolute Gasteiger partial charge is 0.465 e. The highest BCUT2D eigenvalue weighted by molar-refractivity contribution is 6.05. The molecule has 0 radical (unpaired) electrons. The van der Waals surface area contributed by atoms with Gasteiger partial charge in [0.2, 0.25) is 11.8 Å². The Morgan fingerprint density at radius 3 is 2.23 bits per heavy atom. The van der Waals surface area contributed by atoms with Gasteiger partial charge >= 0.3 is 12.2 Å². The fourth-order valence-corrected chi connectivity index (χ4v) is 8.19. The van der Waals surface area contributed by atoms with Crippen molar-refractivity contribution in [3.8, 4) is 11.5 Å². The first-order chi connectivity index (χ1) is 26.9. The fraction of sp³-hybridized carbons (Fsp3) is 0.425. The number of alkyl carbamates (subject to hydrolysis) is 1. The molecule has 2 fully saturated rings. The lowest BCUT2D eigenvalue weighted by atomic mass is 10.0. The van der Waals surface area contributed by atoms with E-state index in [-0.39, 0.29) is 35.7 Å². The van der Waals surface area contributed by atoms with Crippen LogP contribution in [0.2, 0.25) is 0 Å². The van der Waals surface area contributed by atoms with Crippen molar-refractivity contribution < 1.29 is 33.4 Å². The van der Waals surface area contributed by atoms with Gasteiger partial charge in [-0.05, 0) is 73.2 Å². The number of aromatic amines is 2. The van der Waals surface area contributed by atoms with Gasteiger partial charge in [-0.1, -0.05) is 33.8 Å². The van der Waals surface area contributed by atoms with Crippen molar-refractivity contribution in [3.05, 3.63) is 54.2 Å². The highest BCUT2D eigenvalue weighted by atomic mass is 16.5. The standard InChI is InChI=1S/C40H45N9O7/c1-19(2)30(46-39(52)53)37(50)48-14-6-8-27(48)35-42-24-12-10-21-16-26(41-18-23(21)32(24)44-35)29-17-22-11-13-25-33(34(22)56-29)45-36(43-25)28-9-7-15-49(28)38(51)31(20(3)4)47-40(54)55-5/h10-13,16-20,27-28,30-31,41,46H,6-9,14-15H2,1-5H3,(H,43,45)(H,47,54)(H,52,53)/t27-,28-,30-,31-/m0/s1. The molecule has 2 aliphatic heterocycles. The molecule has 4 aromatic heterocycles. The van der Waals surface area contributed by atoms with Crippen LogP contribution in [0, 0.1) is 11.8 Å². The van der Waals surface area contributed by atoms with E-state index in [0.717, 1.165) is 46.6 Å². The van der Waals surface area contributed by atoms with Crippen LogP contribution in [0.15, 0.2) is 47.0 Å². The lowest BCUT2D eigenvalue weighted by Crippen LogP contribution is -2.51. The quantitative estimate of drug-likeness (QED) is 0.109. The molecule has 16 heteroatoms. The Morgan fingerprint density at radius 2 is 1.54 bits per heavy atom. The number of carbonyl (C=O) groups is 4. The number of nitrogens with zero attached hydrogens (tertiary/aromatic N) is 5. The van der Waals surface area contributed by atoms with Crippen LogP contribution in [0.5, 0.6) is 0 Å². The normalized spacial score (nSPS) is 18.5. The molecule has 0 aliphatic carbocycles. The molecule has 292 valence electrons. The summed E-state index contributed by atoms with van der Waals surface area (Å²) in [4.78, 5) is 75.7. The number of pyridine rings is 1. The van der Waals surface area contributed by atoms with Gasteiger partial charge in [-0.3, -0.25) is 9.59 Å². The van der Waals surface area contributed by atoms with E-state index in [2.05, 4.69) is 20.6 Å². The molecule has 4 amide bonds. The maximum absolute atomic E-state index is 13.7. The molecular formula is C40H45N9O7. The minimum Gasteiger partial charge on any atom is -0.465 e. The molecule has 0 unspecified atom stereocenters. The van der Waals surface area contributed by atoms with Gasteiger partial charge in [0, 0.05) is 30.1 Å². The average Bonchev–Trinajstić information content (AvgIpc) is 4.02. The van der Waals surface area contributed by atoms with Gasteiger partial charge in [0.25, 0.3) is 0 Å². The first-order valence-electron chi connectivity index (χ1n) is 19.1. The van der Waals surface area contributed by atoms with E-state index in [1.807, 2.05) is 70.3 Å². The summed E-state index contributed by atoms with van der Waals surface area (Å²) >= 11 is 0. The van der Waals surface area contributed by atoms with Crippen molar-refractivity contribution in [1.29, 1.82) is 0 Å². The smallest absolute Gasteiger partial charge is 0.407 e. The minimum atomic E-state index is -1.23. The van der Waals surface area contributed by atoms with Crippen LogP contribution in [0.3, 0.4) is 0 Å². The molecule has 0 bridgehead atoms. The third-order valence-corrected chi connectivity index (χ3v) is 11.1. The van der Waals surface area contributed by atoms with Crippen molar-refractivity contribution >= 4 is 67.8 Å². The number of ether oxygens (including phenoxy) is 1. The maximum atomic E-state index is 13.7. The highest BCUT2D eigenvalue weighted by Crippen LogP contribution is 2.38. The van der Waals surface area contributed by atoms with Crippen molar-refractivity contribution in [1.82, 2.24) is 45.4 Å². The Kier molecular flexibility index (Phi) is 9.50. The molecular weight excluding hydrogens is 718 g/mol. The molecule has 2 aliphatic rings. The van der Waals surface area contributed by atoms with Crippen LogP contribution in [0.1, 0.15) is 77.1 Å². The van der Waals surface area contributed by atoms with Crippen molar-refractivity contribution in [3.63, 3.8) is 0 Å². The Morgan fingerprint density at radius 1 is 0.857 bits per heavy atom. The van der Waals surface area contributed by atoms with Gasteiger partial charge in [0.05, 0.1) is 35.9 Å². The predicted octanol–water partition coefficient (Wildman–Crippen LogP) is 6.40.